The van der Waals surface area contributed by atoms with E-state index in [0.29, 0.717) is 17.8 Å². The smallest absolute Gasteiger partial charge is 0.328 e. The molecule has 0 saturated heterocycles. The fraction of sp³-hybridized carbons (Fsp3) is 0.824. The molecule has 0 radical (unpaired) electrons. The summed E-state index contributed by atoms with van der Waals surface area (Å²) in [5.41, 5.74) is 0. The van der Waals surface area contributed by atoms with Crippen LogP contribution in [0.4, 0.5) is 0 Å². The van der Waals surface area contributed by atoms with Gasteiger partial charge in [0, 0.05) is 5.92 Å². The van der Waals surface area contributed by atoms with Crippen LogP contribution in [0.15, 0.2) is 0 Å². The minimum absolute atomic E-state index is 0.136. The van der Waals surface area contributed by atoms with Crippen molar-refractivity contribution in [2.45, 2.75) is 52.5 Å². The Hall–Kier alpha value is -1.59. The number of amides is 1. The molecule has 0 heterocycles. The number of esters is 2. The molecule has 1 N–H and O–H groups in total. The Labute approximate surface area is 138 Å². The van der Waals surface area contributed by atoms with E-state index in [1.165, 1.54) is 14.2 Å². The maximum Gasteiger partial charge on any atom is 0.328 e. The zero-order valence-corrected chi connectivity index (χ0v) is 14.8. The summed E-state index contributed by atoms with van der Waals surface area (Å²) in [6, 6.07) is -0.995. The van der Waals surface area contributed by atoms with Crippen molar-refractivity contribution in [3.8, 4) is 0 Å². The van der Waals surface area contributed by atoms with Gasteiger partial charge in [-0.3, -0.25) is 9.59 Å². The van der Waals surface area contributed by atoms with Crippen molar-refractivity contribution in [3.05, 3.63) is 0 Å². The van der Waals surface area contributed by atoms with Gasteiger partial charge in [-0.15, -0.1) is 0 Å². The Kier molecular flexibility index (Phi) is 7.52. The van der Waals surface area contributed by atoms with Crippen LogP contribution >= 0.6 is 0 Å². The summed E-state index contributed by atoms with van der Waals surface area (Å²) in [6.45, 7) is 6.38. The number of hydrogen-bond acceptors (Lipinski definition) is 5. The molecule has 6 nitrogen and oxygen atoms in total. The normalized spacial score (nSPS) is 25.6. The van der Waals surface area contributed by atoms with Gasteiger partial charge in [-0.1, -0.05) is 27.2 Å². The first kappa shape index (κ1) is 19.5. The molecule has 0 bridgehead atoms. The fourth-order valence-electron chi connectivity index (χ4n) is 3.37. The van der Waals surface area contributed by atoms with Crippen LogP contribution in [0.1, 0.15) is 46.5 Å². The summed E-state index contributed by atoms with van der Waals surface area (Å²) < 4.78 is 9.26. The van der Waals surface area contributed by atoms with Gasteiger partial charge in [0.25, 0.3) is 0 Å². The van der Waals surface area contributed by atoms with E-state index in [1.54, 1.807) is 0 Å². The molecule has 23 heavy (non-hydrogen) atoms. The van der Waals surface area contributed by atoms with Crippen LogP contribution in [0.5, 0.6) is 0 Å². The number of carbonyl (C=O) groups excluding carboxylic acids is 3. The maximum absolute atomic E-state index is 12.7. The summed E-state index contributed by atoms with van der Waals surface area (Å²) in [5, 5.41) is 2.69. The van der Waals surface area contributed by atoms with Gasteiger partial charge in [-0.2, -0.15) is 0 Å². The van der Waals surface area contributed by atoms with Crippen LogP contribution in [0.3, 0.4) is 0 Å². The minimum Gasteiger partial charge on any atom is -0.469 e. The summed E-state index contributed by atoms with van der Waals surface area (Å²) >= 11 is 0. The average molecular weight is 327 g/mol. The van der Waals surface area contributed by atoms with Gasteiger partial charge < -0.3 is 14.8 Å². The van der Waals surface area contributed by atoms with Crippen molar-refractivity contribution in [1.29, 1.82) is 0 Å². The highest BCUT2D eigenvalue weighted by Gasteiger charge is 2.37. The van der Waals surface area contributed by atoms with Gasteiger partial charge in [-0.25, -0.2) is 4.79 Å². The van der Waals surface area contributed by atoms with Crippen LogP contribution in [0, 0.1) is 23.7 Å². The molecule has 1 fully saturated rings. The summed E-state index contributed by atoms with van der Waals surface area (Å²) in [7, 11) is 2.48. The lowest BCUT2D eigenvalue weighted by Crippen LogP contribution is -2.48. The van der Waals surface area contributed by atoms with Crippen LogP contribution in [-0.2, 0) is 23.9 Å². The lowest BCUT2D eigenvalue weighted by Gasteiger charge is -2.36. The molecule has 0 spiro atoms. The lowest BCUT2D eigenvalue weighted by molar-refractivity contribution is -0.151. The molecule has 0 aromatic carbocycles. The topological polar surface area (TPSA) is 81.7 Å². The number of hydrogen-bond donors (Lipinski definition) is 1. The highest BCUT2D eigenvalue weighted by molar-refractivity contribution is 5.89. The molecule has 1 amide bonds. The van der Waals surface area contributed by atoms with Gasteiger partial charge in [-0.05, 0) is 30.6 Å². The Morgan fingerprint density at radius 3 is 2.30 bits per heavy atom. The summed E-state index contributed by atoms with van der Waals surface area (Å²) in [4.78, 5) is 35.9. The molecule has 1 rings (SSSR count). The second-order valence-electron chi connectivity index (χ2n) is 6.80. The van der Waals surface area contributed by atoms with Crippen LogP contribution in [0.25, 0.3) is 0 Å². The fourth-order valence-corrected chi connectivity index (χ4v) is 3.37. The standard InChI is InChI=1S/C17H29NO5/c1-10(2)12-7-6-11(3)8-13(12)16(20)18-14(17(21)23-5)9-15(19)22-4/h10-14H,6-9H2,1-5H3,(H,18,20)/t11-,12-,13-,14+/m1/s1. The highest BCUT2D eigenvalue weighted by Crippen LogP contribution is 2.38. The van der Waals surface area contributed by atoms with Gasteiger partial charge in [0.2, 0.25) is 5.91 Å². The molecule has 0 unspecified atom stereocenters. The molecule has 0 aliphatic heterocycles. The molecule has 132 valence electrons. The van der Waals surface area contributed by atoms with Gasteiger partial charge in [0.1, 0.15) is 6.04 Å². The van der Waals surface area contributed by atoms with Gasteiger partial charge in [0.05, 0.1) is 20.6 Å². The minimum atomic E-state index is -0.995. The van der Waals surface area contributed by atoms with Crippen LogP contribution in [0.2, 0.25) is 0 Å². The van der Waals surface area contributed by atoms with Crippen molar-refractivity contribution < 1.29 is 23.9 Å². The molecule has 4 atom stereocenters. The molecular formula is C17H29NO5. The van der Waals surface area contributed by atoms with E-state index in [9.17, 15) is 14.4 Å². The molecule has 0 aromatic rings. The second kappa shape index (κ2) is 8.89. The van der Waals surface area contributed by atoms with Crippen LogP contribution in [-0.4, -0.2) is 38.1 Å². The van der Waals surface area contributed by atoms with Crippen molar-refractivity contribution >= 4 is 17.8 Å². The number of ether oxygens (including phenoxy) is 2. The largest absolute Gasteiger partial charge is 0.469 e. The predicted octanol–water partition coefficient (Wildman–Crippen LogP) is 1.92. The Bertz CT molecular complexity index is 435. The quantitative estimate of drug-likeness (QED) is 0.754. The second-order valence-corrected chi connectivity index (χ2v) is 6.80. The zero-order valence-electron chi connectivity index (χ0n) is 14.8. The van der Waals surface area contributed by atoms with Crippen molar-refractivity contribution in [3.63, 3.8) is 0 Å². The first-order valence-corrected chi connectivity index (χ1v) is 8.25. The molecular weight excluding hydrogens is 298 g/mol. The summed E-state index contributed by atoms with van der Waals surface area (Å²) in [6.07, 6.45) is 2.72. The van der Waals surface area contributed by atoms with E-state index < -0.39 is 18.0 Å². The van der Waals surface area contributed by atoms with Crippen molar-refractivity contribution in [2.75, 3.05) is 14.2 Å². The van der Waals surface area contributed by atoms with E-state index in [4.69, 9.17) is 0 Å². The van der Waals surface area contributed by atoms with E-state index in [1.807, 2.05) is 0 Å². The Balaban J connectivity index is 2.82. The molecule has 6 heteroatoms. The lowest BCUT2D eigenvalue weighted by atomic mass is 9.69. The third kappa shape index (κ3) is 5.52. The van der Waals surface area contributed by atoms with Crippen LogP contribution < -0.4 is 5.32 Å². The summed E-state index contributed by atoms with van der Waals surface area (Å²) in [5.74, 6) is -0.319. The number of nitrogens with one attached hydrogen (secondary N) is 1. The zero-order chi connectivity index (χ0) is 17.6. The van der Waals surface area contributed by atoms with Crippen molar-refractivity contribution in [1.82, 2.24) is 5.32 Å². The maximum atomic E-state index is 12.7. The SMILES string of the molecule is COC(=O)C[C@H](NC(=O)[C@@H]1C[C@H](C)CC[C@@H]1C(C)C)C(=O)OC. The monoisotopic (exact) mass is 327 g/mol. The Morgan fingerprint density at radius 1 is 1.13 bits per heavy atom. The third-order valence-corrected chi connectivity index (χ3v) is 4.76. The molecule has 0 aromatic heterocycles. The Morgan fingerprint density at radius 2 is 1.78 bits per heavy atom. The van der Waals surface area contributed by atoms with E-state index >= 15 is 0 Å². The van der Waals surface area contributed by atoms with Crippen molar-refractivity contribution in [2.24, 2.45) is 23.7 Å². The predicted molar refractivity (Wildman–Crippen MR) is 85.4 cm³/mol. The van der Waals surface area contributed by atoms with E-state index in [-0.39, 0.29) is 18.2 Å². The molecule has 1 aliphatic rings. The van der Waals surface area contributed by atoms with E-state index in [2.05, 4.69) is 35.6 Å². The van der Waals surface area contributed by atoms with Gasteiger partial charge >= 0.3 is 11.9 Å². The average Bonchev–Trinajstić information content (AvgIpc) is 2.52. The van der Waals surface area contributed by atoms with Gasteiger partial charge in [0.15, 0.2) is 0 Å². The number of rotatable bonds is 6. The first-order valence-electron chi connectivity index (χ1n) is 8.25. The third-order valence-electron chi connectivity index (χ3n) is 4.76. The van der Waals surface area contributed by atoms with E-state index in [0.717, 1.165) is 19.3 Å². The highest BCUT2D eigenvalue weighted by atomic mass is 16.5. The molecule has 1 aliphatic carbocycles. The number of carbonyl (C=O) groups is 3. The molecule has 1 saturated carbocycles. The first-order chi connectivity index (χ1) is 10.8. The number of methoxy groups -OCH3 is 2.